The molecule has 0 atom stereocenters. The molecular weight excluding hydrogens is 277 g/mol. The van der Waals surface area contributed by atoms with Crippen LogP contribution in [0.2, 0.25) is 0 Å². The number of anilines is 1. The molecule has 1 aromatic heterocycles. The molecule has 108 valence electrons. The molecule has 3 aromatic rings. The maximum absolute atomic E-state index is 12.6. The maximum atomic E-state index is 12.6. The molecule has 0 amide bonds. The van der Waals surface area contributed by atoms with E-state index in [1.54, 1.807) is 6.07 Å². The first kappa shape index (κ1) is 13.5. The van der Waals surface area contributed by atoms with Gasteiger partial charge in [-0.3, -0.25) is 0 Å². The van der Waals surface area contributed by atoms with E-state index in [1.807, 2.05) is 30.5 Å². The lowest BCUT2D eigenvalue weighted by Gasteiger charge is -2.10. The second kappa shape index (κ2) is 5.16. The van der Waals surface area contributed by atoms with Crippen molar-refractivity contribution in [2.45, 2.75) is 12.7 Å². The highest BCUT2D eigenvalue weighted by Crippen LogP contribution is 2.29. The van der Waals surface area contributed by atoms with Gasteiger partial charge in [-0.05, 0) is 42.0 Å². The molecule has 2 nitrogen and oxygen atoms in total. The van der Waals surface area contributed by atoms with Gasteiger partial charge in [0.05, 0.1) is 5.56 Å². The van der Waals surface area contributed by atoms with Crippen molar-refractivity contribution in [1.29, 1.82) is 0 Å². The average molecular weight is 290 g/mol. The maximum Gasteiger partial charge on any atom is 0.416 e. The van der Waals surface area contributed by atoms with Crippen LogP contribution in [0.25, 0.3) is 10.9 Å². The van der Waals surface area contributed by atoms with Crippen molar-refractivity contribution in [2.24, 2.45) is 0 Å². The Bertz CT molecular complexity index is 759. The fourth-order valence-electron chi connectivity index (χ4n) is 2.22. The standard InChI is InChI=1S/C16H13F3N2/c17-16(18,19)13-3-1-2-11(8-13)10-21-14-4-5-15-12(9-14)6-7-20-15/h1-9,20-21H,10H2. The van der Waals surface area contributed by atoms with E-state index in [0.717, 1.165) is 22.7 Å². The highest BCUT2D eigenvalue weighted by Gasteiger charge is 2.30. The highest BCUT2D eigenvalue weighted by atomic mass is 19.4. The summed E-state index contributed by atoms with van der Waals surface area (Å²) in [6, 6.07) is 13.1. The van der Waals surface area contributed by atoms with E-state index in [-0.39, 0.29) is 0 Å². The SMILES string of the molecule is FC(F)(F)c1cccc(CNc2ccc3[nH]ccc3c2)c1. The molecule has 0 spiro atoms. The molecule has 0 radical (unpaired) electrons. The van der Waals surface area contributed by atoms with Crippen LogP contribution in [0.15, 0.2) is 54.7 Å². The van der Waals surface area contributed by atoms with Crippen LogP contribution in [0.4, 0.5) is 18.9 Å². The summed E-state index contributed by atoms with van der Waals surface area (Å²) in [5.41, 5.74) is 1.88. The average Bonchev–Trinajstić information content (AvgIpc) is 2.92. The van der Waals surface area contributed by atoms with E-state index >= 15 is 0 Å². The summed E-state index contributed by atoms with van der Waals surface area (Å²) >= 11 is 0. The van der Waals surface area contributed by atoms with Crippen molar-refractivity contribution >= 4 is 16.6 Å². The van der Waals surface area contributed by atoms with Crippen molar-refractivity contribution in [3.8, 4) is 0 Å². The minimum absolute atomic E-state index is 0.347. The van der Waals surface area contributed by atoms with Gasteiger partial charge < -0.3 is 10.3 Å². The van der Waals surface area contributed by atoms with Crippen LogP contribution >= 0.6 is 0 Å². The number of nitrogens with one attached hydrogen (secondary N) is 2. The lowest BCUT2D eigenvalue weighted by Crippen LogP contribution is -2.06. The molecule has 0 unspecified atom stereocenters. The van der Waals surface area contributed by atoms with Crippen LogP contribution in [-0.2, 0) is 12.7 Å². The van der Waals surface area contributed by atoms with Gasteiger partial charge in [0.2, 0.25) is 0 Å². The van der Waals surface area contributed by atoms with Crippen LogP contribution in [0, 0.1) is 0 Å². The Morgan fingerprint density at radius 2 is 1.86 bits per heavy atom. The molecule has 5 heteroatoms. The Labute approximate surface area is 119 Å². The number of halogens is 3. The van der Waals surface area contributed by atoms with Gasteiger partial charge in [0, 0.05) is 29.3 Å². The fourth-order valence-corrected chi connectivity index (χ4v) is 2.22. The number of aromatic nitrogens is 1. The van der Waals surface area contributed by atoms with Crippen molar-refractivity contribution in [3.63, 3.8) is 0 Å². The van der Waals surface area contributed by atoms with Crippen molar-refractivity contribution in [1.82, 2.24) is 4.98 Å². The number of aromatic amines is 1. The largest absolute Gasteiger partial charge is 0.416 e. The van der Waals surface area contributed by atoms with Gasteiger partial charge in [0.25, 0.3) is 0 Å². The molecule has 0 bridgehead atoms. The molecule has 0 saturated carbocycles. The second-order valence-corrected chi connectivity index (χ2v) is 4.83. The number of hydrogen-bond acceptors (Lipinski definition) is 1. The zero-order valence-electron chi connectivity index (χ0n) is 11.0. The Hall–Kier alpha value is -2.43. The minimum atomic E-state index is -4.31. The zero-order valence-corrected chi connectivity index (χ0v) is 11.0. The number of H-pyrrole nitrogens is 1. The van der Waals surface area contributed by atoms with E-state index in [9.17, 15) is 13.2 Å². The zero-order chi connectivity index (χ0) is 14.9. The van der Waals surface area contributed by atoms with E-state index in [0.29, 0.717) is 12.1 Å². The molecular formula is C16H13F3N2. The summed E-state index contributed by atoms with van der Waals surface area (Å²) in [7, 11) is 0. The van der Waals surface area contributed by atoms with Crippen LogP contribution in [0.5, 0.6) is 0 Å². The van der Waals surface area contributed by atoms with Gasteiger partial charge in [-0.15, -0.1) is 0 Å². The van der Waals surface area contributed by atoms with Crippen LogP contribution in [0.3, 0.4) is 0 Å². The minimum Gasteiger partial charge on any atom is -0.381 e. The molecule has 21 heavy (non-hydrogen) atoms. The van der Waals surface area contributed by atoms with Crippen molar-refractivity contribution in [2.75, 3.05) is 5.32 Å². The van der Waals surface area contributed by atoms with Crippen LogP contribution < -0.4 is 5.32 Å². The van der Waals surface area contributed by atoms with Crippen LogP contribution in [0.1, 0.15) is 11.1 Å². The third-order valence-electron chi connectivity index (χ3n) is 3.30. The molecule has 3 rings (SSSR count). The van der Waals surface area contributed by atoms with Gasteiger partial charge in [-0.1, -0.05) is 12.1 Å². The normalized spacial score (nSPS) is 11.8. The predicted molar refractivity (Wildman–Crippen MR) is 77.1 cm³/mol. The summed E-state index contributed by atoms with van der Waals surface area (Å²) in [4.78, 5) is 3.09. The lowest BCUT2D eigenvalue weighted by molar-refractivity contribution is -0.137. The first-order valence-electron chi connectivity index (χ1n) is 6.49. The Kier molecular flexibility index (Phi) is 3.33. The monoisotopic (exact) mass is 290 g/mol. The summed E-state index contributed by atoms with van der Waals surface area (Å²) in [5.74, 6) is 0. The Balaban J connectivity index is 1.75. The summed E-state index contributed by atoms with van der Waals surface area (Å²) < 4.78 is 37.9. The van der Waals surface area contributed by atoms with Gasteiger partial charge in [0.15, 0.2) is 0 Å². The molecule has 2 N–H and O–H groups in total. The third kappa shape index (κ3) is 3.02. The summed E-state index contributed by atoms with van der Waals surface area (Å²) in [6.45, 7) is 0.347. The van der Waals surface area contributed by atoms with Gasteiger partial charge >= 0.3 is 6.18 Å². The highest BCUT2D eigenvalue weighted by molar-refractivity contribution is 5.82. The van der Waals surface area contributed by atoms with E-state index < -0.39 is 11.7 Å². The summed E-state index contributed by atoms with van der Waals surface area (Å²) in [6.07, 6.45) is -2.46. The topological polar surface area (TPSA) is 27.8 Å². The molecule has 0 aliphatic rings. The number of benzene rings is 2. The van der Waals surface area contributed by atoms with Crippen molar-refractivity contribution in [3.05, 3.63) is 65.9 Å². The van der Waals surface area contributed by atoms with Crippen LogP contribution in [-0.4, -0.2) is 4.98 Å². The number of fused-ring (bicyclic) bond motifs is 1. The van der Waals surface area contributed by atoms with Gasteiger partial charge in [-0.25, -0.2) is 0 Å². The lowest BCUT2D eigenvalue weighted by atomic mass is 10.1. The third-order valence-corrected chi connectivity index (χ3v) is 3.30. The molecule has 0 aliphatic heterocycles. The quantitative estimate of drug-likeness (QED) is 0.712. The van der Waals surface area contributed by atoms with E-state index in [2.05, 4.69) is 10.3 Å². The first-order chi connectivity index (χ1) is 10.0. The molecule has 1 heterocycles. The second-order valence-electron chi connectivity index (χ2n) is 4.83. The van der Waals surface area contributed by atoms with E-state index in [1.165, 1.54) is 12.1 Å². The van der Waals surface area contributed by atoms with Crippen molar-refractivity contribution < 1.29 is 13.2 Å². The first-order valence-corrected chi connectivity index (χ1v) is 6.49. The molecule has 2 aromatic carbocycles. The van der Waals surface area contributed by atoms with Gasteiger partial charge in [0.1, 0.15) is 0 Å². The van der Waals surface area contributed by atoms with Gasteiger partial charge in [-0.2, -0.15) is 13.2 Å². The molecule has 0 aliphatic carbocycles. The summed E-state index contributed by atoms with van der Waals surface area (Å²) in [5, 5.41) is 4.20. The Morgan fingerprint density at radius 1 is 1.00 bits per heavy atom. The Morgan fingerprint density at radius 3 is 2.67 bits per heavy atom. The molecule has 0 saturated heterocycles. The molecule has 0 fully saturated rings. The predicted octanol–water partition coefficient (Wildman–Crippen LogP) is 4.80. The smallest absolute Gasteiger partial charge is 0.381 e. The number of alkyl halides is 3. The van der Waals surface area contributed by atoms with E-state index in [4.69, 9.17) is 0 Å². The fraction of sp³-hybridized carbons (Fsp3) is 0.125. The number of rotatable bonds is 3. The number of hydrogen-bond donors (Lipinski definition) is 2.